The molecule has 1 aliphatic heterocycles. The predicted molar refractivity (Wildman–Crippen MR) is 41.3 cm³/mol. The van der Waals surface area contributed by atoms with Gasteiger partial charge in [0.25, 0.3) is 5.91 Å². The number of carbonyl (C=O) groups is 1. The zero-order valence-corrected chi connectivity index (χ0v) is 6.78. The second kappa shape index (κ2) is 4.20. The Morgan fingerprint density at radius 2 is 2.25 bits per heavy atom. The van der Waals surface area contributed by atoms with E-state index in [-0.39, 0.29) is 19.1 Å². The summed E-state index contributed by atoms with van der Waals surface area (Å²) in [6.07, 6.45) is 1.14. The number of hydroxylamine groups is 2. The molecule has 1 rings (SSSR count). The van der Waals surface area contributed by atoms with Crippen molar-refractivity contribution in [2.75, 3.05) is 13.2 Å². The van der Waals surface area contributed by atoms with Crippen molar-refractivity contribution in [2.45, 2.75) is 12.8 Å². The van der Waals surface area contributed by atoms with Crippen LogP contribution in [0, 0.1) is 0 Å². The van der Waals surface area contributed by atoms with Crippen molar-refractivity contribution in [1.82, 2.24) is 5.06 Å². The fourth-order valence-electron chi connectivity index (χ4n) is 0.971. The summed E-state index contributed by atoms with van der Waals surface area (Å²) in [4.78, 5) is 20.4. The smallest absolute Gasteiger partial charge is 0.250 e. The van der Waals surface area contributed by atoms with E-state index in [1.54, 1.807) is 0 Å². The van der Waals surface area contributed by atoms with Crippen LogP contribution in [0.4, 0.5) is 0 Å². The molecule has 1 fully saturated rings. The van der Waals surface area contributed by atoms with Crippen molar-refractivity contribution in [3.05, 3.63) is 12.3 Å². The van der Waals surface area contributed by atoms with E-state index in [9.17, 15) is 4.79 Å². The van der Waals surface area contributed by atoms with Crippen molar-refractivity contribution in [1.29, 1.82) is 0 Å². The number of hydrogen-bond donors (Lipinski definition) is 1. The van der Waals surface area contributed by atoms with Crippen LogP contribution >= 0.6 is 0 Å². The molecule has 1 amide bonds. The average molecular weight is 172 g/mol. The maximum Gasteiger partial charge on any atom is 0.250 e. The van der Waals surface area contributed by atoms with E-state index in [1.807, 2.05) is 0 Å². The number of nitrogens with two attached hydrogens (primary N) is 1. The van der Waals surface area contributed by atoms with Crippen molar-refractivity contribution < 1.29 is 14.5 Å². The zero-order chi connectivity index (χ0) is 8.97. The predicted octanol–water partition coefficient (Wildman–Crippen LogP) is -0.0556. The Morgan fingerprint density at radius 3 is 2.75 bits per heavy atom. The molecule has 0 unspecified atom stereocenters. The molecule has 1 saturated heterocycles. The third-order valence-corrected chi connectivity index (χ3v) is 1.56. The second-order valence-corrected chi connectivity index (χ2v) is 2.46. The molecule has 12 heavy (non-hydrogen) atoms. The summed E-state index contributed by atoms with van der Waals surface area (Å²) in [5.41, 5.74) is 0.692. The van der Waals surface area contributed by atoms with Crippen LogP contribution in [0.5, 0.6) is 0 Å². The molecule has 5 heteroatoms. The lowest BCUT2D eigenvalue weighted by atomic mass is 10.3. The molecule has 0 aromatic heterocycles. The third-order valence-electron chi connectivity index (χ3n) is 1.56. The van der Waals surface area contributed by atoms with Gasteiger partial charge in [-0.05, 0) is 6.42 Å². The number of hydrogen-bond acceptors (Lipinski definition) is 4. The molecule has 1 aliphatic rings. The quantitative estimate of drug-likeness (QED) is 0.476. The van der Waals surface area contributed by atoms with Gasteiger partial charge < -0.3 is 4.84 Å². The summed E-state index contributed by atoms with van der Waals surface area (Å²) in [6.45, 7) is 4.20. The Hall–Kier alpha value is -0.910. The van der Waals surface area contributed by atoms with Crippen LogP contribution in [0.1, 0.15) is 12.8 Å². The third kappa shape index (κ3) is 2.04. The first-order chi connectivity index (χ1) is 5.75. The molecular weight excluding hydrogens is 160 g/mol. The van der Waals surface area contributed by atoms with E-state index in [0.717, 1.165) is 0 Å². The van der Waals surface area contributed by atoms with Gasteiger partial charge in [-0.2, -0.15) is 5.06 Å². The van der Waals surface area contributed by atoms with Crippen molar-refractivity contribution in [3.63, 3.8) is 0 Å². The van der Waals surface area contributed by atoms with E-state index < -0.39 is 0 Å². The standard InChI is InChI=1S/C7H12N2O3/c1-6-2-3-7(10)9(6)12-5-4-11-8/h1-5,8H2. The van der Waals surface area contributed by atoms with Crippen LogP contribution < -0.4 is 5.90 Å². The molecule has 0 aromatic rings. The minimum absolute atomic E-state index is 0.0583. The molecule has 5 nitrogen and oxygen atoms in total. The molecule has 0 bridgehead atoms. The molecule has 0 atom stereocenters. The van der Waals surface area contributed by atoms with Gasteiger partial charge in [0.1, 0.15) is 6.61 Å². The lowest BCUT2D eigenvalue weighted by molar-refractivity contribution is -0.172. The Balaban J connectivity index is 2.30. The van der Waals surface area contributed by atoms with Gasteiger partial charge in [0.2, 0.25) is 0 Å². The van der Waals surface area contributed by atoms with E-state index in [4.69, 9.17) is 10.7 Å². The van der Waals surface area contributed by atoms with E-state index >= 15 is 0 Å². The van der Waals surface area contributed by atoms with Gasteiger partial charge in [-0.25, -0.2) is 5.90 Å². The minimum atomic E-state index is -0.0583. The highest BCUT2D eigenvalue weighted by Crippen LogP contribution is 2.20. The van der Waals surface area contributed by atoms with Gasteiger partial charge >= 0.3 is 0 Å². The van der Waals surface area contributed by atoms with Crippen molar-refractivity contribution in [3.8, 4) is 0 Å². The van der Waals surface area contributed by atoms with Gasteiger partial charge in [0.05, 0.1) is 6.61 Å². The summed E-state index contributed by atoms with van der Waals surface area (Å²) in [7, 11) is 0. The molecule has 0 aliphatic carbocycles. The topological polar surface area (TPSA) is 64.8 Å². The molecule has 0 spiro atoms. The summed E-state index contributed by atoms with van der Waals surface area (Å²) in [6, 6.07) is 0. The Labute approximate surface area is 70.6 Å². The first kappa shape index (κ1) is 9.18. The largest absolute Gasteiger partial charge is 0.302 e. The molecule has 0 saturated carbocycles. The fraction of sp³-hybridized carbons (Fsp3) is 0.571. The van der Waals surface area contributed by atoms with Gasteiger partial charge in [-0.1, -0.05) is 6.58 Å². The number of amides is 1. The van der Waals surface area contributed by atoms with Crippen LogP contribution in [0.15, 0.2) is 12.3 Å². The average Bonchev–Trinajstić information content (AvgIpc) is 2.35. The molecule has 0 aromatic carbocycles. The van der Waals surface area contributed by atoms with E-state index in [1.165, 1.54) is 5.06 Å². The first-order valence-electron chi connectivity index (χ1n) is 3.71. The molecule has 1 heterocycles. The van der Waals surface area contributed by atoms with Gasteiger partial charge in [0, 0.05) is 12.1 Å². The van der Waals surface area contributed by atoms with Crippen LogP contribution in [0.2, 0.25) is 0 Å². The van der Waals surface area contributed by atoms with Crippen molar-refractivity contribution in [2.24, 2.45) is 5.90 Å². The Morgan fingerprint density at radius 1 is 1.50 bits per heavy atom. The molecular formula is C7H12N2O3. The van der Waals surface area contributed by atoms with Crippen LogP contribution in [-0.4, -0.2) is 24.2 Å². The van der Waals surface area contributed by atoms with Gasteiger partial charge in [0.15, 0.2) is 0 Å². The van der Waals surface area contributed by atoms with Gasteiger partial charge in [-0.3, -0.25) is 9.63 Å². The van der Waals surface area contributed by atoms with Gasteiger partial charge in [-0.15, -0.1) is 0 Å². The molecule has 0 radical (unpaired) electrons. The van der Waals surface area contributed by atoms with Crippen LogP contribution in [0.25, 0.3) is 0 Å². The summed E-state index contributed by atoms with van der Waals surface area (Å²) in [5.74, 6) is 4.72. The number of nitrogens with zero attached hydrogens (tertiary/aromatic N) is 1. The fourth-order valence-corrected chi connectivity index (χ4v) is 0.971. The highest BCUT2D eigenvalue weighted by atomic mass is 16.7. The number of carbonyl (C=O) groups excluding carboxylic acids is 1. The van der Waals surface area contributed by atoms with Crippen LogP contribution in [-0.2, 0) is 14.5 Å². The second-order valence-electron chi connectivity index (χ2n) is 2.46. The molecule has 2 N–H and O–H groups in total. The number of allylic oxidation sites excluding steroid dienone is 1. The van der Waals surface area contributed by atoms with E-state index in [0.29, 0.717) is 18.5 Å². The Kier molecular flexibility index (Phi) is 3.21. The highest BCUT2D eigenvalue weighted by molar-refractivity contribution is 5.79. The minimum Gasteiger partial charge on any atom is -0.302 e. The summed E-state index contributed by atoms with van der Waals surface area (Å²) >= 11 is 0. The lowest BCUT2D eigenvalue weighted by Gasteiger charge is -2.15. The van der Waals surface area contributed by atoms with Crippen LogP contribution in [0.3, 0.4) is 0 Å². The normalized spacial score (nSPS) is 17.6. The lowest BCUT2D eigenvalue weighted by Crippen LogP contribution is -2.25. The highest BCUT2D eigenvalue weighted by Gasteiger charge is 2.24. The maximum absolute atomic E-state index is 11.0. The Bertz CT molecular complexity index is 177. The number of rotatable bonds is 4. The van der Waals surface area contributed by atoms with E-state index in [2.05, 4.69) is 11.4 Å². The summed E-state index contributed by atoms with van der Waals surface area (Å²) < 4.78 is 0. The monoisotopic (exact) mass is 172 g/mol. The summed E-state index contributed by atoms with van der Waals surface area (Å²) in [5, 5.41) is 1.21. The SMILES string of the molecule is C=C1CCC(=O)N1OCCON. The zero-order valence-electron chi connectivity index (χ0n) is 6.78. The van der Waals surface area contributed by atoms with Crippen molar-refractivity contribution >= 4 is 5.91 Å². The molecule has 68 valence electrons. The maximum atomic E-state index is 11.0. The first-order valence-corrected chi connectivity index (χ1v) is 3.71.